The smallest absolute Gasteiger partial charge is 0.159 e. The Morgan fingerprint density at radius 2 is 1.88 bits per heavy atom. The molecule has 0 aliphatic carbocycles. The Balaban J connectivity index is 1.52. The summed E-state index contributed by atoms with van der Waals surface area (Å²) in [5, 5.41) is 8.38. The maximum Gasteiger partial charge on any atom is 0.159 e. The van der Waals surface area contributed by atoms with E-state index in [2.05, 4.69) is 30.1 Å². The van der Waals surface area contributed by atoms with Gasteiger partial charge in [-0.3, -0.25) is 15.1 Å². The van der Waals surface area contributed by atoms with Crippen molar-refractivity contribution < 1.29 is 4.39 Å². The summed E-state index contributed by atoms with van der Waals surface area (Å²) in [5.41, 5.74) is 5.90. The number of H-pyrrole nitrogens is 2. The van der Waals surface area contributed by atoms with Crippen molar-refractivity contribution in [2.24, 2.45) is 7.05 Å². The first-order valence-corrected chi connectivity index (χ1v) is 10.0. The van der Waals surface area contributed by atoms with Crippen LogP contribution in [0, 0.1) is 12.7 Å². The lowest BCUT2D eigenvalue weighted by Crippen LogP contribution is -1.95. The summed E-state index contributed by atoms with van der Waals surface area (Å²) in [6.07, 6.45) is 5.24. The van der Waals surface area contributed by atoms with Gasteiger partial charge in [0, 0.05) is 24.2 Å². The average molecular weight is 424 g/mol. The molecule has 0 amide bonds. The molecule has 0 radical (unpaired) electrons. The molecule has 0 aliphatic rings. The molecule has 0 aliphatic heterocycles. The van der Waals surface area contributed by atoms with Crippen LogP contribution < -0.4 is 0 Å². The van der Waals surface area contributed by atoms with Crippen molar-refractivity contribution in [3.63, 3.8) is 0 Å². The summed E-state index contributed by atoms with van der Waals surface area (Å²) in [4.78, 5) is 21.5. The van der Waals surface area contributed by atoms with Crippen molar-refractivity contribution >= 4 is 21.9 Å². The molecule has 0 bridgehead atoms. The molecule has 0 fully saturated rings. The molecule has 9 heteroatoms. The molecule has 6 aromatic rings. The van der Waals surface area contributed by atoms with Crippen LogP contribution in [-0.2, 0) is 7.05 Å². The van der Waals surface area contributed by atoms with Gasteiger partial charge in [0.15, 0.2) is 5.82 Å². The normalized spacial score (nSPS) is 11.6. The Morgan fingerprint density at radius 3 is 2.69 bits per heavy atom. The summed E-state index contributed by atoms with van der Waals surface area (Å²) < 4.78 is 15.8. The largest absolute Gasteiger partial charge is 0.336 e. The first-order chi connectivity index (χ1) is 15.6. The maximum absolute atomic E-state index is 13.8. The number of halogens is 1. The van der Waals surface area contributed by atoms with Crippen LogP contribution in [0.25, 0.3) is 56.1 Å². The van der Waals surface area contributed by atoms with E-state index in [-0.39, 0.29) is 5.82 Å². The lowest BCUT2D eigenvalue weighted by Gasteiger charge is -2.03. The second-order valence-corrected chi connectivity index (χ2v) is 7.59. The Morgan fingerprint density at radius 1 is 0.969 bits per heavy atom. The van der Waals surface area contributed by atoms with E-state index in [1.165, 1.54) is 12.1 Å². The zero-order chi connectivity index (χ0) is 21.8. The van der Waals surface area contributed by atoms with E-state index < -0.39 is 0 Å². The van der Waals surface area contributed by atoms with Gasteiger partial charge >= 0.3 is 0 Å². The van der Waals surface area contributed by atoms with Gasteiger partial charge in [-0.15, -0.1) is 0 Å². The molecule has 2 N–H and O–H groups in total. The van der Waals surface area contributed by atoms with E-state index in [0.29, 0.717) is 28.3 Å². The first-order valence-electron chi connectivity index (χ1n) is 10.0. The van der Waals surface area contributed by atoms with Crippen LogP contribution in [-0.4, -0.2) is 39.7 Å². The van der Waals surface area contributed by atoms with Gasteiger partial charge in [0.05, 0.1) is 40.5 Å². The van der Waals surface area contributed by atoms with Crippen LogP contribution in [0.4, 0.5) is 4.39 Å². The Labute approximate surface area is 181 Å². The highest BCUT2D eigenvalue weighted by Crippen LogP contribution is 2.31. The van der Waals surface area contributed by atoms with Crippen LogP contribution in [0.5, 0.6) is 0 Å². The van der Waals surface area contributed by atoms with Crippen molar-refractivity contribution in [3.8, 4) is 34.2 Å². The predicted molar refractivity (Wildman–Crippen MR) is 119 cm³/mol. The minimum Gasteiger partial charge on any atom is -0.336 e. The highest BCUT2D eigenvalue weighted by Gasteiger charge is 2.17. The van der Waals surface area contributed by atoms with Gasteiger partial charge in [-0.25, -0.2) is 14.4 Å². The first kappa shape index (κ1) is 18.4. The molecule has 0 atom stereocenters. The molecule has 0 saturated heterocycles. The van der Waals surface area contributed by atoms with Crippen LogP contribution in [0.1, 0.15) is 5.82 Å². The number of nitrogens with zero attached hydrogens (tertiary/aromatic N) is 6. The molecule has 0 saturated carbocycles. The van der Waals surface area contributed by atoms with E-state index >= 15 is 0 Å². The summed E-state index contributed by atoms with van der Waals surface area (Å²) >= 11 is 0. The van der Waals surface area contributed by atoms with Crippen LogP contribution in [0.2, 0.25) is 0 Å². The summed E-state index contributed by atoms with van der Waals surface area (Å²) in [6.45, 7) is 1.95. The van der Waals surface area contributed by atoms with E-state index in [0.717, 1.165) is 33.6 Å². The fourth-order valence-corrected chi connectivity index (χ4v) is 3.87. The second-order valence-electron chi connectivity index (χ2n) is 7.59. The monoisotopic (exact) mass is 424 g/mol. The molecule has 8 nitrogen and oxygen atoms in total. The van der Waals surface area contributed by atoms with Gasteiger partial charge < -0.3 is 9.55 Å². The number of pyridine rings is 2. The number of hydrogen-bond donors (Lipinski definition) is 2. The summed E-state index contributed by atoms with van der Waals surface area (Å²) in [5.74, 6) is 1.18. The molecule has 5 aromatic heterocycles. The molecule has 1 aromatic carbocycles. The number of aryl methyl sites for hydroxylation is 1. The number of aromatic amines is 2. The molecule has 32 heavy (non-hydrogen) atoms. The fraction of sp³-hybridized carbons (Fsp3) is 0.0870. The predicted octanol–water partition coefficient (Wildman–Crippen LogP) is 4.41. The van der Waals surface area contributed by atoms with Crippen molar-refractivity contribution in [3.05, 3.63) is 66.6 Å². The second kappa shape index (κ2) is 6.81. The highest BCUT2D eigenvalue weighted by atomic mass is 19.1. The number of imidazole rings is 2. The van der Waals surface area contributed by atoms with Gasteiger partial charge in [-0.2, -0.15) is 5.10 Å². The molecular formula is C23H17FN8. The lowest BCUT2D eigenvalue weighted by molar-refractivity contribution is 0.628. The van der Waals surface area contributed by atoms with E-state index in [4.69, 9.17) is 4.98 Å². The highest BCUT2D eigenvalue weighted by molar-refractivity contribution is 5.96. The molecule has 6 rings (SSSR count). The fourth-order valence-electron chi connectivity index (χ4n) is 3.87. The van der Waals surface area contributed by atoms with E-state index in [9.17, 15) is 4.39 Å². The number of rotatable bonds is 3. The molecule has 156 valence electrons. The minimum absolute atomic E-state index is 0.319. The van der Waals surface area contributed by atoms with Crippen LogP contribution >= 0.6 is 0 Å². The Hall–Kier alpha value is -4.40. The van der Waals surface area contributed by atoms with Gasteiger partial charge in [0.25, 0.3) is 0 Å². The standard InChI is InChI=1S/C23H17FN8/c1-12-26-11-19(32(12)2)17-9-15-18(10-27-17)30-31-21(15)23-28-16-6-7-25-20(22(16)29-23)13-4-3-5-14(24)8-13/h3-11H,1-2H3,(H,28,29)(H,30,31). The quantitative estimate of drug-likeness (QED) is 0.438. The molecule has 0 spiro atoms. The number of benzene rings is 1. The zero-order valence-corrected chi connectivity index (χ0v) is 17.3. The van der Waals surface area contributed by atoms with Crippen molar-refractivity contribution in [1.29, 1.82) is 0 Å². The van der Waals surface area contributed by atoms with E-state index in [1.807, 2.05) is 36.7 Å². The summed E-state index contributed by atoms with van der Waals surface area (Å²) in [6, 6.07) is 10.2. The number of aromatic nitrogens is 8. The van der Waals surface area contributed by atoms with Gasteiger partial charge in [0.2, 0.25) is 0 Å². The van der Waals surface area contributed by atoms with Crippen LogP contribution in [0.3, 0.4) is 0 Å². The van der Waals surface area contributed by atoms with Gasteiger partial charge in [-0.05, 0) is 31.2 Å². The SMILES string of the molecule is Cc1ncc(-c2cc3c(-c4nc5c(-c6cccc(F)c6)nccc5[nH]4)n[nH]c3cn2)n1C. The van der Waals surface area contributed by atoms with Gasteiger partial charge in [0.1, 0.15) is 22.9 Å². The third-order valence-electron chi connectivity index (χ3n) is 5.65. The van der Waals surface area contributed by atoms with Crippen molar-refractivity contribution in [2.45, 2.75) is 6.92 Å². The van der Waals surface area contributed by atoms with E-state index in [1.54, 1.807) is 24.7 Å². The lowest BCUT2D eigenvalue weighted by atomic mass is 10.1. The van der Waals surface area contributed by atoms with Crippen LogP contribution in [0.15, 0.2) is 55.0 Å². The summed E-state index contributed by atoms with van der Waals surface area (Å²) in [7, 11) is 1.96. The number of nitrogens with one attached hydrogen (secondary N) is 2. The Kier molecular flexibility index (Phi) is 3.91. The number of fused-ring (bicyclic) bond motifs is 2. The topological polar surface area (TPSA) is 101 Å². The number of hydrogen-bond acceptors (Lipinski definition) is 5. The van der Waals surface area contributed by atoms with Gasteiger partial charge in [-0.1, -0.05) is 12.1 Å². The molecule has 0 unspecified atom stereocenters. The molecule has 5 heterocycles. The average Bonchev–Trinajstić information content (AvgIpc) is 3.50. The molecular weight excluding hydrogens is 407 g/mol. The third kappa shape index (κ3) is 2.78. The zero-order valence-electron chi connectivity index (χ0n) is 17.3. The van der Waals surface area contributed by atoms with Crippen molar-refractivity contribution in [2.75, 3.05) is 0 Å². The maximum atomic E-state index is 13.8. The van der Waals surface area contributed by atoms with Crippen molar-refractivity contribution in [1.82, 2.24) is 39.7 Å². The Bertz CT molecular complexity index is 1620. The third-order valence-corrected chi connectivity index (χ3v) is 5.65. The minimum atomic E-state index is -0.319.